The topological polar surface area (TPSA) is 78.4 Å². The molecule has 2 atom stereocenters. The number of rotatable bonds is 3. The first-order valence-corrected chi connectivity index (χ1v) is 6.83. The van der Waals surface area contributed by atoms with E-state index in [0.717, 1.165) is 25.7 Å². The zero-order valence-electron chi connectivity index (χ0n) is 10.9. The van der Waals surface area contributed by atoms with Gasteiger partial charge < -0.3 is 15.7 Å². The molecule has 5 heteroatoms. The molecule has 2 amide bonds. The van der Waals surface area contributed by atoms with Gasteiger partial charge in [0, 0.05) is 12.1 Å². The lowest BCUT2D eigenvalue weighted by Crippen LogP contribution is -2.51. The van der Waals surface area contributed by atoms with Crippen LogP contribution < -0.4 is 10.6 Å². The normalized spacial score (nSPS) is 32.4. The fraction of sp³-hybridized carbons (Fsp3) is 0.846. The summed E-state index contributed by atoms with van der Waals surface area (Å²) in [6, 6.07) is -0.194. The van der Waals surface area contributed by atoms with E-state index in [9.17, 15) is 14.7 Å². The van der Waals surface area contributed by atoms with Crippen LogP contribution in [0, 0.1) is 5.41 Å². The second kappa shape index (κ2) is 5.16. The molecule has 18 heavy (non-hydrogen) atoms. The van der Waals surface area contributed by atoms with E-state index in [2.05, 4.69) is 10.6 Å². The molecule has 0 bridgehead atoms. The highest BCUT2D eigenvalue weighted by Crippen LogP contribution is 2.38. The van der Waals surface area contributed by atoms with E-state index in [1.54, 1.807) is 6.92 Å². The maximum Gasteiger partial charge on any atom is 0.315 e. The van der Waals surface area contributed by atoms with Crippen LogP contribution in [-0.4, -0.2) is 29.2 Å². The van der Waals surface area contributed by atoms with Crippen molar-refractivity contribution in [2.45, 2.75) is 64.0 Å². The van der Waals surface area contributed by atoms with Crippen LogP contribution in [0.3, 0.4) is 0 Å². The van der Waals surface area contributed by atoms with Crippen LogP contribution in [0.4, 0.5) is 4.79 Å². The highest BCUT2D eigenvalue weighted by atomic mass is 16.4. The number of hydrogen-bond acceptors (Lipinski definition) is 2. The molecule has 2 fully saturated rings. The summed E-state index contributed by atoms with van der Waals surface area (Å²) in [5.41, 5.74) is -0.812. The molecule has 0 aromatic carbocycles. The van der Waals surface area contributed by atoms with Gasteiger partial charge in [0.05, 0.1) is 5.41 Å². The van der Waals surface area contributed by atoms with Crippen LogP contribution in [0.2, 0.25) is 0 Å². The van der Waals surface area contributed by atoms with Gasteiger partial charge in [-0.3, -0.25) is 4.79 Å². The maximum absolute atomic E-state index is 11.9. The van der Waals surface area contributed by atoms with Gasteiger partial charge in [0.2, 0.25) is 0 Å². The van der Waals surface area contributed by atoms with Crippen molar-refractivity contribution in [1.82, 2.24) is 10.6 Å². The Morgan fingerprint density at radius 1 is 1.11 bits per heavy atom. The average molecular weight is 254 g/mol. The fourth-order valence-corrected chi connectivity index (χ4v) is 3.11. The quantitative estimate of drug-likeness (QED) is 0.719. The molecule has 0 spiro atoms. The monoisotopic (exact) mass is 254 g/mol. The van der Waals surface area contributed by atoms with Crippen LogP contribution >= 0.6 is 0 Å². The third kappa shape index (κ3) is 2.60. The number of nitrogens with one attached hydrogen (secondary N) is 2. The van der Waals surface area contributed by atoms with E-state index >= 15 is 0 Å². The Bertz CT molecular complexity index is 339. The molecule has 3 N–H and O–H groups in total. The molecule has 2 unspecified atom stereocenters. The standard InChI is InChI=1S/C13H22N2O3/c1-13(11(16)17)8-4-7-10(13)15-12(18)14-9-5-2-3-6-9/h9-10H,2-8H2,1H3,(H,16,17)(H2,14,15,18). The van der Waals surface area contributed by atoms with E-state index in [1.807, 2.05) is 0 Å². The second-order valence-corrected chi connectivity index (χ2v) is 5.77. The predicted molar refractivity (Wildman–Crippen MR) is 67.3 cm³/mol. The lowest BCUT2D eigenvalue weighted by molar-refractivity contribution is -0.148. The zero-order chi connectivity index (χ0) is 13.2. The van der Waals surface area contributed by atoms with Gasteiger partial charge in [-0.2, -0.15) is 0 Å². The maximum atomic E-state index is 11.9. The molecule has 5 nitrogen and oxygen atoms in total. The van der Waals surface area contributed by atoms with Crippen LogP contribution in [0.15, 0.2) is 0 Å². The van der Waals surface area contributed by atoms with E-state index in [0.29, 0.717) is 6.42 Å². The van der Waals surface area contributed by atoms with Crippen molar-refractivity contribution in [2.24, 2.45) is 5.41 Å². The SMILES string of the molecule is CC1(C(=O)O)CCCC1NC(=O)NC1CCCC1. The highest BCUT2D eigenvalue weighted by molar-refractivity contribution is 5.79. The van der Waals surface area contributed by atoms with E-state index in [1.165, 1.54) is 12.8 Å². The minimum absolute atomic E-state index is 0.207. The smallest absolute Gasteiger partial charge is 0.315 e. The number of hydrogen-bond donors (Lipinski definition) is 3. The Morgan fingerprint density at radius 2 is 1.78 bits per heavy atom. The number of carboxylic acids is 1. The molecule has 0 aliphatic heterocycles. The number of amides is 2. The van der Waals surface area contributed by atoms with Gasteiger partial charge in [-0.25, -0.2) is 4.79 Å². The first kappa shape index (κ1) is 13.2. The van der Waals surface area contributed by atoms with Crippen molar-refractivity contribution < 1.29 is 14.7 Å². The predicted octanol–water partition coefficient (Wildman–Crippen LogP) is 1.87. The van der Waals surface area contributed by atoms with E-state index in [4.69, 9.17) is 0 Å². The summed E-state index contributed by atoms with van der Waals surface area (Å²) in [4.78, 5) is 23.1. The van der Waals surface area contributed by atoms with E-state index < -0.39 is 11.4 Å². The molecule has 2 aliphatic rings. The molecule has 102 valence electrons. The summed E-state index contributed by atoms with van der Waals surface area (Å²) in [5.74, 6) is -0.814. The molecular formula is C13H22N2O3. The van der Waals surface area contributed by atoms with Crippen LogP contribution in [0.1, 0.15) is 51.9 Å². The molecule has 2 saturated carbocycles. The van der Waals surface area contributed by atoms with Crippen molar-refractivity contribution in [1.29, 1.82) is 0 Å². The summed E-state index contributed by atoms with van der Waals surface area (Å²) in [5, 5.41) is 15.1. The lowest BCUT2D eigenvalue weighted by Gasteiger charge is -2.28. The van der Waals surface area contributed by atoms with Crippen molar-refractivity contribution in [2.75, 3.05) is 0 Å². The Hall–Kier alpha value is -1.26. The first-order valence-electron chi connectivity index (χ1n) is 6.83. The van der Waals surface area contributed by atoms with Gasteiger partial charge in [0.25, 0.3) is 0 Å². The van der Waals surface area contributed by atoms with Gasteiger partial charge in [-0.15, -0.1) is 0 Å². The largest absolute Gasteiger partial charge is 0.481 e. The zero-order valence-corrected chi connectivity index (χ0v) is 10.9. The molecular weight excluding hydrogens is 232 g/mol. The van der Waals surface area contributed by atoms with Gasteiger partial charge in [-0.1, -0.05) is 19.3 Å². The minimum atomic E-state index is -0.814. The second-order valence-electron chi connectivity index (χ2n) is 5.77. The van der Waals surface area contributed by atoms with Gasteiger partial charge >= 0.3 is 12.0 Å². The fourth-order valence-electron chi connectivity index (χ4n) is 3.11. The Labute approximate surface area is 107 Å². The number of carbonyl (C=O) groups excluding carboxylic acids is 1. The number of carboxylic acid groups (broad SMARTS) is 1. The van der Waals surface area contributed by atoms with Gasteiger partial charge in [0.1, 0.15) is 0 Å². The van der Waals surface area contributed by atoms with Crippen molar-refractivity contribution in [3.05, 3.63) is 0 Å². The molecule has 0 radical (unpaired) electrons. The Morgan fingerprint density at radius 3 is 2.39 bits per heavy atom. The van der Waals surface area contributed by atoms with E-state index in [-0.39, 0.29) is 18.1 Å². The summed E-state index contributed by atoms with van der Waals surface area (Å²) in [7, 11) is 0. The molecule has 2 aliphatic carbocycles. The molecule has 0 saturated heterocycles. The number of carbonyl (C=O) groups is 2. The number of aliphatic carboxylic acids is 1. The molecule has 0 aromatic heterocycles. The van der Waals surface area contributed by atoms with Crippen molar-refractivity contribution in [3.8, 4) is 0 Å². The molecule has 0 heterocycles. The third-order valence-electron chi connectivity index (χ3n) is 4.44. The van der Waals surface area contributed by atoms with Crippen LogP contribution in [0.25, 0.3) is 0 Å². The first-order chi connectivity index (χ1) is 8.52. The molecule has 0 aromatic rings. The van der Waals surface area contributed by atoms with Crippen LogP contribution in [0.5, 0.6) is 0 Å². The highest BCUT2D eigenvalue weighted by Gasteiger charge is 2.46. The third-order valence-corrected chi connectivity index (χ3v) is 4.44. The summed E-state index contributed by atoms with van der Waals surface area (Å²) in [6.07, 6.45) is 6.65. The van der Waals surface area contributed by atoms with Gasteiger partial charge in [-0.05, 0) is 32.6 Å². The molecule has 2 rings (SSSR count). The van der Waals surface area contributed by atoms with Crippen molar-refractivity contribution >= 4 is 12.0 Å². The van der Waals surface area contributed by atoms with Crippen LogP contribution in [-0.2, 0) is 4.79 Å². The summed E-state index contributed by atoms with van der Waals surface area (Å²) in [6.45, 7) is 1.73. The lowest BCUT2D eigenvalue weighted by atomic mass is 9.85. The summed E-state index contributed by atoms with van der Waals surface area (Å²) < 4.78 is 0. The van der Waals surface area contributed by atoms with Gasteiger partial charge in [0.15, 0.2) is 0 Å². The Kier molecular flexibility index (Phi) is 3.78. The number of urea groups is 1. The Balaban J connectivity index is 1.88. The summed E-state index contributed by atoms with van der Waals surface area (Å²) >= 11 is 0. The minimum Gasteiger partial charge on any atom is -0.481 e. The van der Waals surface area contributed by atoms with Crippen molar-refractivity contribution in [3.63, 3.8) is 0 Å². The average Bonchev–Trinajstić information content (AvgIpc) is 2.90.